The Morgan fingerprint density at radius 1 is 1.18 bits per heavy atom. The molecular weight excluding hydrogens is 311 g/mol. The number of rotatable bonds is 3. The van der Waals surface area contributed by atoms with Crippen molar-refractivity contribution in [3.8, 4) is 11.5 Å². The third-order valence-corrected chi connectivity index (χ3v) is 3.39. The van der Waals surface area contributed by atoms with Crippen LogP contribution in [-0.4, -0.2) is 5.11 Å². The Balaban J connectivity index is 1.95. The minimum atomic E-state index is -0.554. The van der Waals surface area contributed by atoms with E-state index in [2.05, 4.69) is 0 Å². The first-order chi connectivity index (χ1) is 10.5. The maximum Gasteiger partial charge on any atom is 0.336 e. The fourth-order valence-electron chi connectivity index (χ4n) is 2.09. The molecule has 0 saturated carbocycles. The van der Waals surface area contributed by atoms with Crippen LogP contribution in [0.15, 0.2) is 51.7 Å². The van der Waals surface area contributed by atoms with Gasteiger partial charge in [-0.25, -0.2) is 9.18 Å². The van der Waals surface area contributed by atoms with E-state index in [0.717, 1.165) is 6.07 Å². The van der Waals surface area contributed by atoms with Crippen LogP contribution in [0, 0.1) is 5.82 Å². The van der Waals surface area contributed by atoms with Gasteiger partial charge in [-0.2, -0.15) is 0 Å². The average Bonchev–Trinajstić information content (AvgIpc) is 2.45. The summed E-state index contributed by atoms with van der Waals surface area (Å²) in [6, 6.07) is 9.55. The SMILES string of the molecule is O=c1cc(COc2ccc(F)cc2Cl)c2ccc(O)cc2o1. The van der Waals surface area contributed by atoms with Gasteiger partial charge in [-0.1, -0.05) is 11.6 Å². The molecule has 2 aromatic carbocycles. The summed E-state index contributed by atoms with van der Waals surface area (Å²) in [4.78, 5) is 11.6. The van der Waals surface area contributed by atoms with E-state index in [1.54, 1.807) is 6.07 Å². The minimum absolute atomic E-state index is 0.00435. The van der Waals surface area contributed by atoms with E-state index in [9.17, 15) is 14.3 Å². The summed E-state index contributed by atoms with van der Waals surface area (Å²) in [5.74, 6) is -0.155. The van der Waals surface area contributed by atoms with Crippen molar-refractivity contribution in [2.75, 3.05) is 0 Å². The standard InChI is InChI=1S/C16H10ClFO4/c17-13-6-10(18)1-4-14(13)21-8-9-5-16(20)22-15-7-11(19)2-3-12(9)15/h1-7,19H,8H2. The second-order valence-corrected chi connectivity index (χ2v) is 5.04. The van der Waals surface area contributed by atoms with Crippen LogP contribution in [0.5, 0.6) is 11.5 Å². The number of fused-ring (bicyclic) bond motifs is 1. The lowest BCUT2D eigenvalue weighted by atomic mass is 10.1. The zero-order valence-electron chi connectivity index (χ0n) is 11.2. The van der Waals surface area contributed by atoms with Crippen molar-refractivity contribution < 1.29 is 18.7 Å². The fraction of sp³-hybridized carbons (Fsp3) is 0.0625. The molecule has 1 N–H and O–H groups in total. The minimum Gasteiger partial charge on any atom is -0.508 e. The van der Waals surface area contributed by atoms with Crippen LogP contribution in [0.1, 0.15) is 5.56 Å². The molecule has 3 aromatic rings. The molecule has 0 fully saturated rings. The van der Waals surface area contributed by atoms with Gasteiger partial charge in [0.1, 0.15) is 29.5 Å². The van der Waals surface area contributed by atoms with Gasteiger partial charge in [0.25, 0.3) is 0 Å². The lowest BCUT2D eigenvalue weighted by molar-refractivity contribution is 0.306. The molecular formula is C16H10ClFO4. The Bertz CT molecular complexity index is 904. The summed E-state index contributed by atoms with van der Waals surface area (Å²) in [6.07, 6.45) is 0. The zero-order chi connectivity index (χ0) is 15.7. The Labute approximate surface area is 129 Å². The van der Waals surface area contributed by atoms with Crippen LogP contribution in [0.25, 0.3) is 11.0 Å². The Morgan fingerprint density at radius 2 is 2.00 bits per heavy atom. The van der Waals surface area contributed by atoms with Crippen LogP contribution < -0.4 is 10.4 Å². The van der Waals surface area contributed by atoms with E-state index >= 15 is 0 Å². The maximum absolute atomic E-state index is 13.0. The highest BCUT2D eigenvalue weighted by molar-refractivity contribution is 6.32. The molecule has 0 spiro atoms. The molecule has 0 saturated heterocycles. The second-order valence-electron chi connectivity index (χ2n) is 4.63. The Morgan fingerprint density at radius 3 is 2.77 bits per heavy atom. The number of aromatic hydroxyl groups is 1. The molecule has 112 valence electrons. The summed E-state index contributed by atoms with van der Waals surface area (Å²) in [6.45, 7) is 0.0538. The number of halogens is 2. The highest BCUT2D eigenvalue weighted by Gasteiger charge is 2.09. The predicted octanol–water partition coefficient (Wildman–Crippen LogP) is 3.87. The van der Waals surface area contributed by atoms with Gasteiger partial charge in [0.2, 0.25) is 0 Å². The first kappa shape index (κ1) is 14.4. The van der Waals surface area contributed by atoms with E-state index in [-0.39, 0.29) is 23.0 Å². The molecule has 0 atom stereocenters. The third-order valence-electron chi connectivity index (χ3n) is 3.09. The van der Waals surface area contributed by atoms with Gasteiger partial charge in [-0.15, -0.1) is 0 Å². The van der Waals surface area contributed by atoms with Crippen LogP contribution >= 0.6 is 11.6 Å². The first-order valence-electron chi connectivity index (χ1n) is 6.36. The predicted molar refractivity (Wildman–Crippen MR) is 79.9 cm³/mol. The summed E-state index contributed by atoms with van der Waals surface area (Å²) in [5.41, 5.74) is 0.282. The third kappa shape index (κ3) is 2.89. The molecule has 6 heteroatoms. The summed E-state index contributed by atoms with van der Waals surface area (Å²) in [7, 11) is 0. The normalized spacial score (nSPS) is 10.8. The Kier molecular flexibility index (Phi) is 3.73. The van der Waals surface area contributed by atoms with Gasteiger partial charge >= 0.3 is 5.63 Å². The van der Waals surface area contributed by atoms with Crippen LogP contribution in [0.2, 0.25) is 5.02 Å². The van der Waals surface area contributed by atoms with Gasteiger partial charge < -0.3 is 14.3 Å². The molecule has 0 aliphatic carbocycles. The molecule has 0 unspecified atom stereocenters. The van der Waals surface area contributed by atoms with Crippen molar-refractivity contribution in [2.24, 2.45) is 0 Å². The van der Waals surface area contributed by atoms with Crippen molar-refractivity contribution in [1.82, 2.24) is 0 Å². The fourth-order valence-corrected chi connectivity index (χ4v) is 2.31. The number of phenols is 1. The molecule has 1 aromatic heterocycles. The lowest BCUT2D eigenvalue weighted by Crippen LogP contribution is -2.04. The molecule has 4 nitrogen and oxygen atoms in total. The van der Waals surface area contributed by atoms with Gasteiger partial charge in [0.05, 0.1) is 5.02 Å². The van der Waals surface area contributed by atoms with E-state index in [1.165, 1.54) is 30.3 Å². The highest BCUT2D eigenvalue weighted by atomic mass is 35.5. The molecule has 0 bridgehead atoms. The molecule has 0 aliphatic heterocycles. The molecule has 22 heavy (non-hydrogen) atoms. The van der Waals surface area contributed by atoms with Crippen molar-refractivity contribution in [3.05, 3.63) is 69.3 Å². The number of hydrogen-bond donors (Lipinski definition) is 1. The quantitative estimate of drug-likeness (QED) is 0.744. The summed E-state index contributed by atoms with van der Waals surface area (Å²) < 4.78 is 23.5. The lowest BCUT2D eigenvalue weighted by Gasteiger charge is -2.09. The van der Waals surface area contributed by atoms with Gasteiger partial charge in [-0.05, 0) is 30.3 Å². The molecule has 1 heterocycles. The summed E-state index contributed by atoms with van der Waals surface area (Å²) >= 11 is 5.89. The molecule has 3 rings (SSSR count). The van der Waals surface area contributed by atoms with Crippen LogP contribution in [-0.2, 0) is 6.61 Å². The molecule has 0 amide bonds. The van der Waals surface area contributed by atoms with Crippen molar-refractivity contribution >= 4 is 22.6 Å². The smallest absolute Gasteiger partial charge is 0.336 e. The summed E-state index contributed by atoms with van der Waals surface area (Å²) in [5, 5.41) is 10.2. The van der Waals surface area contributed by atoms with E-state index in [1.807, 2.05) is 0 Å². The van der Waals surface area contributed by atoms with Crippen molar-refractivity contribution in [1.29, 1.82) is 0 Å². The van der Waals surface area contributed by atoms with Crippen molar-refractivity contribution in [3.63, 3.8) is 0 Å². The zero-order valence-corrected chi connectivity index (χ0v) is 11.9. The van der Waals surface area contributed by atoms with Crippen LogP contribution in [0.4, 0.5) is 4.39 Å². The number of hydrogen-bond acceptors (Lipinski definition) is 4. The highest BCUT2D eigenvalue weighted by Crippen LogP contribution is 2.27. The Hall–Kier alpha value is -2.53. The van der Waals surface area contributed by atoms with Gasteiger partial charge in [0.15, 0.2) is 0 Å². The maximum atomic E-state index is 13.0. The number of ether oxygens (including phenoxy) is 1. The van der Waals surface area contributed by atoms with Crippen LogP contribution in [0.3, 0.4) is 0 Å². The van der Waals surface area contributed by atoms with E-state index in [4.69, 9.17) is 20.8 Å². The average molecular weight is 321 g/mol. The van der Waals surface area contributed by atoms with E-state index < -0.39 is 11.4 Å². The van der Waals surface area contributed by atoms with Crippen molar-refractivity contribution in [2.45, 2.75) is 6.61 Å². The second kappa shape index (κ2) is 5.69. The number of phenolic OH excluding ortho intramolecular Hbond substituents is 1. The number of benzene rings is 2. The monoisotopic (exact) mass is 320 g/mol. The topological polar surface area (TPSA) is 59.7 Å². The molecule has 0 radical (unpaired) electrons. The van der Waals surface area contributed by atoms with Gasteiger partial charge in [-0.3, -0.25) is 0 Å². The van der Waals surface area contributed by atoms with E-state index in [0.29, 0.717) is 16.7 Å². The molecule has 0 aliphatic rings. The van der Waals surface area contributed by atoms with Gasteiger partial charge in [0, 0.05) is 23.1 Å². The largest absolute Gasteiger partial charge is 0.508 e. The first-order valence-corrected chi connectivity index (χ1v) is 6.74.